The minimum absolute atomic E-state index is 0.459. The molecule has 0 amide bonds. The van der Waals surface area contributed by atoms with Crippen LogP contribution in [0.15, 0.2) is 84.1 Å². The fourth-order valence-corrected chi connectivity index (χ4v) is 6.85. The highest BCUT2D eigenvalue weighted by molar-refractivity contribution is 6.34. The van der Waals surface area contributed by atoms with Gasteiger partial charge in [-0.25, -0.2) is 9.97 Å². The van der Waals surface area contributed by atoms with E-state index in [9.17, 15) is 9.90 Å². The summed E-state index contributed by atoms with van der Waals surface area (Å²) >= 11 is 6.71. The Bertz CT molecular complexity index is 2180. The van der Waals surface area contributed by atoms with E-state index < -0.39 is 12.0 Å². The Balaban J connectivity index is 1.21. The number of halogens is 1. The summed E-state index contributed by atoms with van der Waals surface area (Å²) in [5.41, 5.74) is 9.84. The van der Waals surface area contributed by atoms with Crippen LogP contribution in [0.2, 0.25) is 5.02 Å². The normalized spacial score (nSPS) is 15.3. The topological polar surface area (TPSA) is 104 Å². The molecule has 2 N–H and O–H groups in total. The fourth-order valence-electron chi connectivity index (χ4n) is 6.58. The number of anilines is 2. The van der Waals surface area contributed by atoms with Gasteiger partial charge in [0.05, 0.1) is 5.02 Å². The third-order valence-corrected chi connectivity index (χ3v) is 9.37. The fraction of sp³-hybridized carbons (Fsp3) is 0.211. The van der Waals surface area contributed by atoms with Gasteiger partial charge in [0, 0.05) is 35.6 Å². The van der Waals surface area contributed by atoms with E-state index in [1.54, 1.807) is 18.5 Å². The van der Waals surface area contributed by atoms with E-state index in [4.69, 9.17) is 21.0 Å². The largest absolute Gasteiger partial charge is 0.480 e. The Hall–Kier alpha value is -5.05. The number of nitrogens with zero attached hydrogens (tertiary/aromatic N) is 4. The maximum Gasteiger partial charge on any atom is 0.320 e. The summed E-state index contributed by atoms with van der Waals surface area (Å²) in [6.45, 7) is 9.25. The number of hydrogen-bond donors (Lipinski definition) is 2. The molecule has 0 spiro atoms. The highest BCUT2D eigenvalue weighted by Crippen LogP contribution is 2.38. The number of hydrogen-bond acceptors (Lipinski definition) is 7. The number of piperidine rings is 1. The van der Waals surface area contributed by atoms with Gasteiger partial charge < -0.3 is 14.8 Å². The Morgan fingerprint density at radius 2 is 1.85 bits per heavy atom. The van der Waals surface area contributed by atoms with Crippen molar-refractivity contribution in [2.75, 3.05) is 11.9 Å². The number of fused-ring (bicyclic) bond motifs is 2. The summed E-state index contributed by atoms with van der Waals surface area (Å²) in [5, 5.41) is 14.7. The molecule has 1 saturated heterocycles. The van der Waals surface area contributed by atoms with Crippen LogP contribution >= 0.6 is 11.6 Å². The van der Waals surface area contributed by atoms with E-state index in [-0.39, 0.29) is 0 Å². The Kier molecular flexibility index (Phi) is 8.22. The first-order chi connectivity index (χ1) is 22.8. The summed E-state index contributed by atoms with van der Waals surface area (Å²) in [4.78, 5) is 27.9. The van der Waals surface area contributed by atoms with Crippen LogP contribution in [0.25, 0.3) is 50.7 Å². The Morgan fingerprint density at radius 3 is 2.66 bits per heavy atom. The molecule has 47 heavy (non-hydrogen) atoms. The lowest BCUT2D eigenvalue weighted by Crippen LogP contribution is -2.43. The van der Waals surface area contributed by atoms with Gasteiger partial charge in [0.1, 0.15) is 17.1 Å². The molecule has 1 atom stereocenters. The van der Waals surface area contributed by atoms with Crippen LogP contribution in [0.1, 0.15) is 41.5 Å². The van der Waals surface area contributed by atoms with E-state index in [1.807, 2.05) is 53.4 Å². The average Bonchev–Trinajstić information content (AvgIpc) is 3.50. The molecular weight excluding hydrogens is 610 g/mol. The molecule has 3 aromatic heterocycles. The molecule has 4 heterocycles. The first kappa shape index (κ1) is 30.6. The highest BCUT2D eigenvalue weighted by atomic mass is 35.5. The van der Waals surface area contributed by atoms with Crippen molar-refractivity contribution >= 4 is 57.2 Å². The summed E-state index contributed by atoms with van der Waals surface area (Å²) in [6, 6.07) is 19.6. The maximum atomic E-state index is 11.8. The first-order valence-electron chi connectivity index (χ1n) is 15.7. The highest BCUT2D eigenvalue weighted by Gasteiger charge is 2.28. The molecule has 1 aliphatic heterocycles. The zero-order valence-electron chi connectivity index (χ0n) is 26.3. The van der Waals surface area contributed by atoms with Gasteiger partial charge >= 0.3 is 5.97 Å². The van der Waals surface area contributed by atoms with Gasteiger partial charge in [-0.1, -0.05) is 54.9 Å². The van der Waals surface area contributed by atoms with Crippen LogP contribution in [0.4, 0.5) is 11.5 Å². The van der Waals surface area contributed by atoms with Gasteiger partial charge in [-0.3, -0.25) is 14.7 Å². The van der Waals surface area contributed by atoms with Crippen molar-refractivity contribution in [1.29, 1.82) is 0 Å². The van der Waals surface area contributed by atoms with Gasteiger partial charge in [0.15, 0.2) is 11.4 Å². The third-order valence-electron chi connectivity index (χ3n) is 9.09. The maximum absolute atomic E-state index is 11.8. The molecule has 1 aliphatic rings. The van der Waals surface area contributed by atoms with Gasteiger partial charge in [-0.2, -0.15) is 0 Å². The number of benzene rings is 3. The standard InChI is InChI=1S/C38H34ClN5O3/c1-4-24-17-26-14-15-40-36(34(26)41-20-24)42-31-12-8-10-28(23(31)3)27-9-7-11-29(22(27)2)37-43-32-19-25(18-30(39)35(32)47-37)21-44-16-6-5-13-33(44)38(45)46/h4,7-12,14-15,17-20,33H,1,5-6,13,16,21H2,2-3H3,(H,40,42)(H,45,46). The number of likely N-dealkylation sites (tertiary alicyclic amines) is 1. The Labute approximate surface area is 277 Å². The minimum Gasteiger partial charge on any atom is -0.480 e. The molecule has 9 heteroatoms. The molecule has 0 radical (unpaired) electrons. The van der Waals surface area contributed by atoms with E-state index in [2.05, 4.69) is 47.8 Å². The van der Waals surface area contributed by atoms with Crippen LogP contribution in [0.5, 0.6) is 0 Å². The van der Waals surface area contributed by atoms with Crippen LogP contribution in [-0.2, 0) is 11.3 Å². The lowest BCUT2D eigenvalue weighted by molar-refractivity contribution is -0.144. The number of aliphatic carboxylic acids is 1. The Morgan fingerprint density at radius 1 is 1.06 bits per heavy atom. The number of pyridine rings is 2. The molecule has 6 aromatic rings. The van der Waals surface area contributed by atoms with Crippen LogP contribution < -0.4 is 5.32 Å². The molecule has 236 valence electrons. The van der Waals surface area contributed by atoms with E-state index in [0.29, 0.717) is 40.8 Å². The summed E-state index contributed by atoms with van der Waals surface area (Å²) < 4.78 is 6.27. The molecule has 0 bridgehead atoms. The molecule has 7 rings (SSSR count). The number of carbonyl (C=O) groups is 1. The molecule has 8 nitrogen and oxygen atoms in total. The lowest BCUT2D eigenvalue weighted by Gasteiger charge is -2.32. The second kappa shape index (κ2) is 12.6. The second-order valence-electron chi connectivity index (χ2n) is 12.1. The SMILES string of the molecule is C=Cc1cnc2c(Nc3cccc(-c4cccc(-c5nc6cc(CN7CCCCC7C(=O)O)cc(Cl)c6o5)c4C)c3C)nccc2c1. The van der Waals surface area contributed by atoms with Crippen molar-refractivity contribution < 1.29 is 14.3 Å². The minimum atomic E-state index is -0.780. The first-order valence-corrected chi connectivity index (χ1v) is 16.1. The van der Waals surface area contributed by atoms with Crippen molar-refractivity contribution in [2.45, 2.75) is 45.7 Å². The van der Waals surface area contributed by atoms with E-state index in [1.165, 1.54) is 0 Å². The van der Waals surface area contributed by atoms with Crippen LogP contribution in [-0.4, -0.2) is 43.5 Å². The monoisotopic (exact) mass is 643 g/mol. The smallest absolute Gasteiger partial charge is 0.320 e. The van der Waals surface area contributed by atoms with Crippen molar-refractivity contribution in [3.63, 3.8) is 0 Å². The number of carboxylic acids is 1. The molecule has 0 aliphatic carbocycles. The number of nitrogens with one attached hydrogen (secondary N) is 1. The van der Waals surface area contributed by atoms with Gasteiger partial charge in [-0.05, 0) is 103 Å². The summed E-state index contributed by atoms with van der Waals surface area (Å²) in [5.74, 6) is 0.388. The average molecular weight is 644 g/mol. The molecule has 1 fully saturated rings. The van der Waals surface area contributed by atoms with Gasteiger partial charge in [0.25, 0.3) is 0 Å². The third kappa shape index (κ3) is 5.86. The zero-order chi connectivity index (χ0) is 32.7. The summed E-state index contributed by atoms with van der Waals surface area (Å²) in [7, 11) is 0. The van der Waals surface area contributed by atoms with Crippen molar-refractivity contribution in [3.05, 3.63) is 107 Å². The van der Waals surface area contributed by atoms with Gasteiger partial charge in [0.2, 0.25) is 5.89 Å². The molecular formula is C38H34ClN5O3. The van der Waals surface area contributed by atoms with Crippen molar-refractivity contribution in [3.8, 4) is 22.6 Å². The van der Waals surface area contributed by atoms with E-state index >= 15 is 0 Å². The van der Waals surface area contributed by atoms with Crippen molar-refractivity contribution in [2.24, 2.45) is 0 Å². The number of aromatic nitrogens is 3. The van der Waals surface area contributed by atoms with Crippen LogP contribution in [0.3, 0.4) is 0 Å². The summed E-state index contributed by atoms with van der Waals surface area (Å²) in [6.07, 6.45) is 7.92. The molecule has 1 unspecified atom stereocenters. The second-order valence-corrected chi connectivity index (χ2v) is 12.5. The quantitative estimate of drug-likeness (QED) is 0.169. The van der Waals surface area contributed by atoms with Crippen molar-refractivity contribution in [1.82, 2.24) is 19.9 Å². The molecule has 3 aromatic carbocycles. The number of oxazole rings is 1. The predicted molar refractivity (Wildman–Crippen MR) is 188 cm³/mol. The predicted octanol–water partition coefficient (Wildman–Crippen LogP) is 9.20. The number of rotatable bonds is 8. The van der Waals surface area contributed by atoms with Crippen LogP contribution in [0, 0.1) is 13.8 Å². The molecule has 0 saturated carbocycles. The van der Waals surface area contributed by atoms with Gasteiger partial charge in [-0.15, -0.1) is 0 Å². The van der Waals surface area contributed by atoms with E-state index in [0.717, 1.165) is 74.9 Å². The zero-order valence-corrected chi connectivity index (χ0v) is 27.0. The lowest BCUT2D eigenvalue weighted by atomic mass is 9.93. The number of carboxylic acid groups (broad SMARTS) is 1.